The minimum absolute atomic E-state index is 0.0498. The second-order valence-electron chi connectivity index (χ2n) is 5.24. The Kier molecular flexibility index (Phi) is 6.83. The zero-order valence-corrected chi connectivity index (χ0v) is 14.5. The van der Waals surface area contributed by atoms with Crippen LogP contribution in [0.4, 0.5) is 0 Å². The third-order valence-electron chi connectivity index (χ3n) is 2.97. The molecule has 0 aliphatic heterocycles. The lowest BCUT2D eigenvalue weighted by atomic mass is 10.1. The highest BCUT2D eigenvalue weighted by molar-refractivity contribution is 9.10. The first kappa shape index (κ1) is 18.1. The molecule has 0 saturated carbocycles. The summed E-state index contributed by atoms with van der Waals surface area (Å²) in [5.74, 6) is -0.557. The Hall–Kier alpha value is -0.920. The summed E-state index contributed by atoms with van der Waals surface area (Å²) in [6.07, 6.45) is 2.77. The molecule has 0 bridgehead atoms. The molecule has 1 aromatic carbocycles. The Morgan fingerprint density at radius 3 is 2.57 bits per heavy atom. The lowest BCUT2D eigenvalue weighted by molar-refractivity contribution is 0.0696. The van der Waals surface area contributed by atoms with Crippen molar-refractivity contribution < 1.29 is 18.3 Å². The van der Waals surface area contributed by atoms with Crippen molar-refractivity contribution >= 4 is 31.9 Å². The first-order valence-corrected chi connectivity index (χ1v) is 9.04. The van der Waals surface area contributed by atoms with Crippen molar-refractivity contribution in [2.45, 2.75) is 38.0 Å². The quantitative estimate of drug-likeness (QED) is 0.681. The van der Waals surface area contributed by atoms with Gasteiger partial charge in [-0.2, -0.15) is 0 Å². The van der Waals surface area contributed by atoms with E-state index in [1.165, 1.54) is 12.1 Å². The minimum Gasteiger partial charge on any atom is -0.478 e. The van der Waals surface area contributed by atoms with Crippen LogP contribution >= 0.6 is 15.9 Å². The van der Waals surface area contributed by atoms with Crippen LogP contribution in [0.5, 0.6) is 0 Å². The number of benzene rings is 1. The third kappa shape index (κ3) is 5.76. The molecular formula is C14H20BrNO4S. The van der Waals surface area contributed by atoms with Crippen molar-refractivity contribution in [3.8, 4) is 0 Å². The molecule has 0 unspecified atom stereocenters. The standard InChI is InChI=1S/C14H20BrNO4S/c1-10(2)5-3-4-8-16-21(19,20)13-9-11(14(17)18)6-7-12(13)15/h6-7,9-10,16H,3-5,8H2,1-2H3,(H,17,18). The zero-order chi connectivity index (χ0) is 16.0. The minimum atomic E-state index is -3.71. The molecule has 0 aliphatic carbocycles. The second kappa shape index (κ2) is 7.91. The fourth-order valence-corrected chi connectivity index (χ4v) is 3.87. The van der Waals surface area contributed by atoms with Crippen LogP contribution in [0.2, 0.25) is 0 Å². The van der Waals surface area contributed by atoms with E-state index < -0.39 is 16.0 Å². The van der Waals surface area contributed by atoms with Gasteiger partial charge in [0.25, 0.3) is 0 Å². The number of aromatic carboxylic acids is 1. The Morgan fingerprint density at radius 1 is 1.33 bits per heavy atom. The van der Waals surface area contributed by atoms with E-state index in [4.69, 9.17) is 5.11 Å². The summed E-state index contributed by atoms with van der Waals surface area (Å²) >= 11 is 3.14. The number of carbonyl (C=O) groups is 1. The summed E-state index contributed by atoms with van der Waals surface area (Å²) in [4.78, 5) is 10.9. The van der Waals surface area contributed by atoms with Gasteiger partial charge < -0.3 is 5.11 Å². The summed E-state index contributed by atoms with van der Waals surface area (Å²) in [5, 5.41) is 8.93. The van der Waals surface area contributed by atoms with Crippen LogP contribution in [0, 0.1) is 5.92 Å². The van der Waals surface area contributed by atoms with Gasteiger partial charge >= 0.3 is 5.97 Å². The molecule has 1 aromatic rings. The van der Waals surface area contributed by atoms with Crippen LogP contribution in [0.15, 0.2) is 27.6 Å². The van der Waals surface area contributed by atoms with E-state index >= 15 is 0 Å². The van der Waals surface area contributed by atoms with Gasteiger partial charge in [0.15, 0.2) is 0 Å². The number of nitrogens with one attached hydrogen (secondary N) is 1. The van der Waals surface area contributed by atoms with E-state index in [9.17, 15) is 13.2 Å². The normalized spacial score (nSPS) is 11.8. The van der Waals surface area contributed by atoms with Crippen molar-refractivity contribution in [1.29, 1.82) is 0 Å². The van der Waals surface area contributed by atoms with Gasteiger partial charge in [0.05, 0.1) is 10.5 Å². The first-order chi connectivity index (χ1) is 9.74. The van der Waals surface area contributed by atoms with Crippen LogP contribution in [0.25, 0.3) is 0 Å². The summed E-state index contributed by atoms with van der Waals surface area (Å²) in [6, 6.07) is 3.94. The predicted octanol–water partition coefficient (Wildman–Crippen LogP) is 3.25. The molecule has 0 saturated heterocycles. The number of sulfonamides is 1. The fraction of sp³-hybridized carbons (Fsp3) is 0.500. The van der Waals surface area contributed by atoms with Gasteiger partial charge in [-0.3, -0.25) is 0 Å². The van der Waals surface area contributed by atoms with Crippen LogP contribution in [-0.4, -0.2) is 26.0 Å². The van der Waals surface area contributed by atoms with Gasteiger partial charge in [0.2, 0.25) is 10.0 Å². The number of hydrogen-bond donors (Lipinski definition) is 2. The molecule has 0 fully saturated rings. The highest BCUT2D eigenvalue weighted by atomic mass is 79.9. The highest BCUT2D eigenvalue weighted by Crippen LogP contribution is 2.23. The Morgan fingerprint density at radius 2 is 2.00 bits per heavy atom. The Bertz CT molecular complexity index is 599. The highest BCUT2D eigenvalue weighted by Gasteiger charge is 2.19. The maximum Gasteiger partial charge on any atom is 0.335 e. The van der Waals surface area contributed by atoms with Crippen molar-refractivity contribution in [3.05, 3.63) is 28.2 Å². The molecule has 0 aromatic heterocycles. The van der Waals surface area contributed by atoms with Gasteiger partial charge in [-0.1, -0.05) is 26.7 Å². The van der Waals surface area contributed by atoms with Crippen molar-refractivity contribution in [1.82, 2.24) is 4.72 Å². The third-order valence-corrected chi connectivity index (χ3v) is 5.42. The maximum atomic E-state index is 12.2. The molecule has 1 rings (SSSR count). The molecule has 0 aliphatic rings. The lowest BCUT2D eigenvalue weighted by Crippen LogP contribution is -2.25. The number of carboxylic acids is 1. The van der Waals surface area contributed by atoms with Crippen LogP contribution in [0.1, 0.15) is 43.5 Å². The van der Waals surface area contributed by atoms with E-state index in [2.05, 4.69) is 34.5 Å². The van der Waals surface area contributed by atoms with Gasteiger partial charge in [-0.15, -0.1) is 0 Å². The summed E-state index contributed by atoms with van der Waals surface area (Å²) in [6.45, 7) is 4.59. The number of unbranched alkanes of at least 4 members (excludes halogenated alkanes) is 1. The monoisotopic (exact) mass is 377 g/mol. The van der Waals surface area contributed by atoms with E-state index in [0.29, 0.717) is 16.9 Å². The molecular weight excluding hydrogens is 358 g/mol. The average molecular weight is 378 g/mol. The van der Waals surface area contributed by atoms with Gasteiger partial charge in [-0.05, 0) is 46.5 Å². The number of carboxylic acid groups (broad SMARTS) is 1. The molecule has 21 heavy (non-hydrogen) atoms. The lowest BCUT2D eigenvalue weighted by Gasteiger charge is -2.10. The Balaban J connectivity index is 2.74. The summed E-state index contributed by atoms with van der Waals surface area (Å²) in [7, 11) is -3.71. The Labute approximate surface area is 133 Å². The van der Waals surface area contributed by atoms with E-state index in [-0.39, 0.29) is 10.5 Å². The fourth-order valence-electron chi connectivity index (χ4n) is 1.80. The van der Waals surface area contributed by atoms with Crippen LogP contribution in [-0.2, 0) is 10.0 Å². The molecule has 0 radical (unpaired) electrons. The van der Waals surface area contributed by atoms with E-state index in [1.54, 1.807) is 0 Å². The van der Waals surface area contributed by atoms with Crippen LogP contribution < -0.4 is 4.72 Å². The number of halogens is 1. The molecule has 2 N–H and O–H groups in total. The largest absolute Gasteiger partial charge is 0.478 e. The van der Waals surface area contributed by atoms with Gasteiger partial charge in [0, 0.05) is 11.0 Å². The zero-order valence-electron chi connectivity index (χ0n) is 12.1. The van der Waals surface area contributed by atoms with Gasteiger partial charge in [0.1, 0.15) is 0 Å². The average Bonchev–Trinajstić information content (AvgIpc) is 2.37. The molecule has 7 heteroatoms. The van der Waals surface area contributed by atoms with Crippen LogP contribution in [0.3, 0.4) is 0 Å². The smallest absolute Gasteiger partial charge is 0.335 e. The predicted molar refractivity (Wildman–Crippen MR) is 85.0 cm³/mol. The van der Waals surface area contributed by atoms with Crippen molar-refractivity contribution in [2.75, 3.05) is 6.54 Å². The topological polar surface area (TPSA) is 83.5 Å². The number of hydrogen-bond acceptors (Lipinski definition) is 3. The van der Waals surface area contributed by atoms with E-state index in [0.717, 1.165) is 25.3 Å². The molecule has 5 nitrogen and oxygen atoms in total. The SMILES string of the molecule is CC(C)CCCCNS(=O)(=O)c1cc(C(=O)O)ccc1Br. The number of rotatable bonds is 8. The molecule has 0 spiro atoms. The molecule has 0 amide bonds. The first-order valence-electron chi connectivity index (χ1n) is 6.76. The van der Waals surface area contributed by atoms with Crippen molar-refractivity contribution in [3.63, 3.8) is 0 Å². The summed E-state index contributed by atoms with van der Waals surface area (Å²) < 4.78 is 27.2. The van der Waals surface area contributed by atoms with E-state index in [1.807, 2.05) is 0 Å². The molecule has 118 valence electrons. The van der Waals surface area contributed by atoms with Crippen molar-refractivity contribution in [2.24, 2.45) is 5.92 Å². The summed E-state index contributed by atoms with van der Waals surface area (Å²) in [5.41, 5.74) is -0.0571. The maximum absolute atomic E-state index is 12.2. The molecule has 0 heterocycles. The second-order valence-corrected chi connectivity index (χ2v) is 7.83. The van der Waals surface area contributed by atoms with Gasteiger partial charge in [-0.25, -0.2) is 17.9 Å². The molecule has 0 atom stereocenters.